The monoisotopic (exact) mass is 445 g/mol. The number of anilines is 1. The van der Waals surface area contributed by atoms with Crippen molar-refractivity contribution >= 4 is 47.0 Å². The lowest BCUT2D eigenvalue weighted by Crippen LogP contribution is -2.22. The summed E-state index contributed by atoms with van der Waals surface area (Å²) in [7, 11) is 0. The average Bonchev–Trinajstić information content (AvgIpc) is 2.78. The predicted octanol–water partition coefficient (Wildman–Crippen LogP) is 3.76. The summed E-state index contributed by atoms with van der Waals surface area (Å²) < 4.78 is 11.3. The van der Waals surface area contributed by atoms with Crippen LogP contribution in [0.1, 0.15) is 16.9 Å². The van der Waals surface area contributed by atoms with Crippen molar-refractivity contribution < 1.29 is 9.47 Å². The quantitative estimate of drug-likeness (QED) is 0.429. The van der Waals surface area contributed by atoms with E-state index in [1.54, 1.807) is 11.3 Å². The van der Waals surface area contributed by atoms with Crippen LogP contribution in [0.3, 0.4) is 0 Å². The molecule has 0 fully saturated rings. The van der Waals surface area contributed by atoms with E-state index < -0.39 is 0 Å². The minimum atomic E-state index is 0. The van der Waals surface area contributed by atoms with E-state index in [0.29, 0.717) is 25.7 Å². The Morgan fingerprint density at radius 1 is 1.26 bits per heavy atom. The minimum absolute atomic E-state index is 0. The zero-order chi connectivity index (χ0) is 15.4. The summed E-state index contributed by atoms with van der Waals surface area (Å²) in [5.74, 6) is 1.90. The zero-order valence-electron chi connectivity index (χ0n) is 12.9. The van der Waals surface area contributed by atoms with E-state index in [4.69, 9.17) is 15.2 Å². The first-order valence-electron chi connectivity index (χ1n) is 7.22. The van der Waals surface area contributed by atoms with Gasteiger partial charge in [-0.3, -0.25) is 0 Å². The van der Waals surface area contributed by atoms with Crippen molar-refractivity contribution in [2.24, 2.45) is 10.7 Å². The number of fused-ring (bicyclic) bond motifs is 1. The molecule has 0 saturated heterocycles. The summed E-state index contributed by atoms with van der Waals surface area (Å²) in [6.45, 7) is 4.02. The molecular weight excluding hydrogens is 425 g/mol. The minimum Gasteiger partial charge on any atom is -0.490 e. The molecule has 0 bridgehead atoms. The maximum Gasteiger partial charge on any atom is 0.193 e. The lowest BCUT2D eigenvalue weighted by Gasteiger charge is -2.10. The largest absolute Gasteiger partial charge is 0.490 e. The molecule has 23 heavy (non-hydrogen) atoms. The van der Waals surface area contributed by atoms with E-state index >= 15 is 0 Å². The first-order chi connectivity index (χ1) is 10.7. The summed E-state index contributed by atoms with van der Waals surface area (Å²) in [4.78, 5) is 5.60. The van der Waals surface area contributed by atoms with Gasteiger partial charge in [-0.1, -0.05) is 0 Å². The summed E-state index contributed by atoms with van der Waals surface area (Å²) in [5, 5.41) is 5.15. The van der Waals surface area contributed by atoms with Crippen LogP contribution in [0.2, 0.25) is 0 Å². The van der Waals surface area contributed by atoms with E-state index in [-0.39, 0.29) is 24.0 Å². The molecule has 0 radical (unpaired) electrons. The van der Waals surface area contributed by atoms with Gasteiger partial charge in [-0.05, 0) is 36.1 Å². The first kappa shape index (κ1) is 17.9. The number of halogens is 1. The fraction of sp³-hybridized carbons (Fsp3) is 0.312. The van der Waals surface area contributed by atoms with Crippen LogP contribution in [0.5, 0.6) is 11.5 Å². The van der Waals surface area contributed by atoms with Crippen molar-refractivity contribution in [2.45, 2.75) is 19.9 Å². The van der Waals surface area contributed by atoms with Gasteiger partial charge >= 0.3 is 0 Å². The SMILES string of the molecule is Cc1ccsc1CN=C(N)Nc1ccc2c(c1)OCCCO2.I. The normalized spacial score (nSPS) is 13.9. The van der Waals surface area contributed by atoms with Gasteiger partial charge in [0.05, 0.1) is 19.8 Å². The van der Waals surface area contributed by atoms with E-state index in [2.05, 4.69) is 28.7 Å². The molecule has 2 heterocycles. The number of thiophene rings is 1. The number of hydrogen-bond acceptors (Lipinski definition) is 4. The number of aliphatic imine (C=N–C) groups is 1. The number of benzene rings is 1. The van der Waals surface area contributed by atoms with Crippen molar-refractivity contribution in [3.05, 3.63) is 40.1 Å². The first-order valence-corrected chi connectivity index (χ1v) is 8.10. The molecule has 1 aromatic heterocycles. The topological polar surface area (TPSA) is 68.9 Å². The van der Waals surface area contributed by atoms with Crippen LogP contribution in [0.4, 0.5) is 5.69 Å². The highest BCUT2D eigenvalue weighted by atomic mass is 127. The van der Waals surface area contributed by atoms with Crippen LogP contribution in [-0.2, 0) is 6.54 Å². The Labute approximate surface area is 156 Å². The molecule has 7 heteroatoms. The highest BCUT2D eigenvalue weighted by Gasteiger charge is 2.10. The number of nitrogens with one attached hydrogen (secondary N) is 1. The highest BCUT2D eigenvalue weighted by Crippen LogP contribution is 2.32. The van der Waals surface area contributed by atoms with Gasteiger partial charge in [-0.25, -0.2) is 4.99 Å². The van der Waals surface area contributed by atoms with Crippen molar-refractivity contribution in [1.82, 2.24) is 0 Å². The summed E-state index contributed by atoms with van der Waals surface area (Å²) in [6, 6.07) is 7.77. The fourth-order valence-corrected chi connectivity index (χ4v) is 2.98. The Balaban J connectivity index is 0.00000192. The Bertz CT molecular complexity index is 688. The second-order valence-electron chi connectivity index (χ2n) is 5.07. The highest BCUT2D eigenvalue weighted by molar-refractivity contribution is 14.0. The molecule has 0 amide bonds. The zero-order valence-corrected chi connectivity index (χ0v) is 16.0. The molecule has 2 aromatic rings. The van der Waals surface area contributed by atoms with E-state index in [1.807, 2.05) is 18.2 Å². The molecule has 0 aliphatic carbocycles. The third kappa shape index (κ3) is 4.74. The molecule has 0 atom stereocenters. The van der Waals surface area contributed by atoms with Crippen LogP contribution in [-0.4, -0.2) is 19.2 Å². The average molecular weight is 445 g/mol. The van der Waals surface area contributed by atoms with Gasteiger partial charge in [0, 0.05) is 23.1 Å². The lowest BCUT2D eigenvalue weighted by atomic mass is 10.3. The Hall–Kier alpha value is -1.48. The Morgan fingerprint density at radius 2 is 2.04 bits per heavy atom. The summed E-state index contributed by atoms with van der Waals surface area (Å²) in [5.41, 5.74) is 8.04. The van der Waals surface area contributed by atoms with Gasteiger partial charge in [-0.15, -0.1) is 35.3 Å². The molecule has 1 aliphatic heterocycles. The second kappa shape index (κ2) is 8.39. The Kier molecular flexibility index (Phi) is 6.52. The van der Waals surface area contributed by atoms with Gasteiger partial charge in [0.1, 0.15) is 0 Å². The predicted molar refractivity (Wildman–Crippen MR) is 105 cm³/mol. The number of rotatable bonds is 3. The third-order valence-corrected chi connectivity index (χ3v) is 4.39. The molecular formula is C16H20IN3O2S. The van der Waals surface area contributed by atoms with Gasteiger partial charge in [-0.2, -0.15) is 0 Å². The molecule has 0 saturated carbocycles. The van der Waals surface area contributed by atoms with Crippen LogP contribution < -0.4 is 20.5 Å². The maximum absolute atomic E-state index is 5.95. The van der Waals surface area contributed by atoms with Gasteiger partial charge in [0.2, 0.25) is 0 Å². The van der Waals surface area contributed by atoms with E-state index in [1.165, 1.54) is 10.4 Å². The van der Waals surface area contributed by atoms with Crippen molar-refractivity contribution in [2.75, 3.05) is 18.5 Å². The van der Waals surface area contributed by atoms with Crippen LogP contribution in [0.15, 0.2) is 34.6 Å². The molecule has 3 N–H and O–H groups in total. The van der Waals surface area contributed by atoms with E-state index in [9.17, 15) is 0 Å². The summed E-state index contributed by atoms with van der Waals surface area (Å²) in [6.07, 6.45) is 0.890. The number of aryl methyl sites for hydroxylation is 1. The fourth-order valence-electron chi connectivity index (χ4n) is 2.15. The molecule has 3 rings (SSSR count). The molecule has 1 aliphatic rings. The number of ether oxygens (including phenoxy) is 2. The maximum atomic E-state index is 5.95. The number of hydrogen-bond donors (Lipinski definition) is 2. The van der Waals surface area contributed by atoms with Crippen molar-refractivity contribution in [1.29, 1.82) is 0 Å². The molecule has 0 spiro atoms. The standard InChI is InChI=1S/C16H19N3O2S.HI/c1-11-5-8-22-15(11)10-18-16(17)19-12-3-4-13-14(9-12)21-7-2-6-20-13;/h3-5,8-9H,2,6-7,10H2,1H3,(H3,17,18,19);1H. The van der Waals surface area contributed by atoms with Crippen molar-refractivity contribution in [3.8, 4) is 11.5 Å². The van der Waals surface area contributed by atoms with Crippen molar-refractivity contribution in [3.63, 3.8) is 0 Å². The lowest BCUT2D eigenvalue weighted by molar-refractivity contribution is 0.297. The van der Waals surface area contributed by atoms with Gasteiger partial charge < -0.3 is 20.5 Å². The van der Waals surface area contributed by atoms with E-state index in [0.717, 1.165) is 23.6 Å². The smallest absolute Gasteiger partial charge is 0.193 e. The molecule has 124 valence electrons. The van der Waals surface area contributed by atoms with Crippen LogP contribution in [0.25, 0.3) is 0 Å². The second-order valence-corrected chi connectivity index (χ2v) is 6.07. The van der Waals surface area contributed by atoms with Gasteiger partial charge in [0.25, 0.3) is 0 Å². The van der Waals surface area contributed by atoms with Gasteiger partial charge in [0.15, 0.2) is 17.5 Å². The Morgan fingerprint density at radius 3 is 2.78 bits per heavy atom. The molecule has 1 aromatic carbocycles. The number of guanidine groups is 1. The summed E-state index contributed by atoms with van der Waals surface area (Å²) >= 11 is 1.69. The molecule has 0 unspecified atom stereocenters. The van der Waals surface area contributed by atoms with Crippen LogP contribution in [0, 0.1) is 6.92 Å². The van der Waals surface area contributed by atoms with Crippen LogP contribution >= 0.6 is 35.3 Å². The number of nitrogens with zero attached hydrogens (tertiary/aromatic N) is 1. The number of nitrogens with two attached hydrogens (primary N) is 1. The molecule has 5 nitrogen and oxygen atoms in total. The third-order valence-electron chi connectivity index (χ3n) is 3.38.